The Bertz CT molecular complexity index is 669. The molecule has 0 aliphatic heterocycles. The average Bonchev–Trinajstić information content (AvgIpc) is 2.41. The molecule has 0 saturated heterocycles. The molecular weight excluding hydrogens is 397 g/mol. The minimum atomic E-state index is -4.61. The minimum Gasteiger partial charge on any atom is -0.480 e. The molecule has 0 bridgehead atoms. The van der Waals surface area contributed by atoms with Crippen molar-refractivity contribution < 1.29 is 32.6 Å². The summed E-state index contributed by atoms with van der Waals surface area (Å²) in [7, 11) is 0. The molecule has 6 nitrogen and oxygen atoms in total. The van der Waals surface area contributed by atoms with Crippen LogP contribution < -0.4 is 11.1 Å². The van der Waals surface area contributed by atoms with E-state index in [2.05, 4.69) is 5.32 Å². The number of carbonyl (C=O) groups is 2. The van der Waals surface area contributed by atoms with Gasteiger partial charge in [0.15, 0.2) is 0 Å². The van der Waals surface area contributed by atoms with Crippen molar-refractivity contribution in [2.45, 2.75) is 43.5 Å². The number of carbonyl (C=O) groups excluding carboxylic acids is 1. The van der Waals surface area contributed by atoms with Crippen LogP contribution in [0.2, 0.25) is 5.02 Å². The maximum absolute atomic E-state index is 12.7. The SMILES string of the molecule is CC(C)(C)OC(=O)N[C@@H](CSc1c(N)cc(C(F)(F)F)cc1Cl)C(=O)O. The van der Waals surface area contributed by atoms with Crippen LogP contribution in [-0.2, 0) is 15.7 Å². The molecule has 1 atom stereocenters. The standard InChI is InChI=1S/C15H18ClF3N2O4S/c1-14(2,3)25-13(24)21-10(12(22)23)6-26-11-8(16)4-7(5-9(11)20)15(17,18)19/h4-5,10H,6,20H2,1-3H3,(H,21,24)(H,22,23)/t10-/m0/s1. The van der Waals surface area contributed by atoms with E-state index in [0.717, 1.165) is 11.8 Å². The van der Waals surface area contributed by atoms with Crippen LogP contribution in [0.15, 0.2) is 17.0 Å². The molecule has 0 aromatic heterocycles. The third-order valence-electron chi connectivity index (χ3n) is 2.78. The summed E-state index contributed by atoms with van der Waals surface area (Å²) in [5, 5.41) is 11.1. The summed E-state index contributed by atoms with van der Waals surface area (Å²) in [4.78, 5) is 23.1. The fraction of sp³-hybridized carbons (Fsp3) is 0.467. The largest absolute Gasteiger partial charge is 0.480 e. The summed E-state index contributed by atoms with van der Waals surface area (Å²) in [6.45, 7) is 4.83. The summed E-state index contributed by atoms with van der Waals surface area (Å²) >= 11 is 6.65. The van der Waals surface area contributed by atoms with Crippen molar-refractivity contribution >= 4 is 41.1 Å². The molecule has 1 amide bonds. The van der Waals surface area contributed by atoms with Crippen LogP contribution in [0.5, 0.6) is 0 Å². The van der Waals surface area contributed by atoms with Crippen LogP contribution in [0.3, 0.4) is 0 Å². The molecule has 4 N–H and O–H groups in total. The first-order valence-corrected chi connectivity index (χ1v) is 8.58. The van der Waals surface area contributed by atoms with E-state index in [0.29, 0.717) is 12.1 Å². The van der Waals surface area contributed by atoms with Gasteiger partial charge in [0.05, 0.1) is 10.6 Å². The number of hydrogen-bond donors (Lipinski definition) is 3. The number of hydrogen-bond acceptors (Lipinski definition) is 5. The zero-order valence-corrected chi connectivity index (χ0v) is 15.7. The minimum absolute atomic E-state index is 0.0944. The highest BCUT2D eigenvalue weighted by Gasteiger charge is 2.32. The summed E-state index contributed by atoms with van der Waals surface area (Å²) in [5.41, 5.74) is 3.54. The first-order valence-electron chi connectivity index (χ1n) is 7.22. The number of ether oxygens (including phenoxy) is 1. The summed E-state index contributed by atoms with van der Waals surface area (Å²) in [6.07, 6.45) is -5.54. The van der Waals surface area contributed by atoms with Gasteiger partial charge in [0.1, 0.15) is 11.6 Å². The van der Waals surface area contributed by atoms with Gasteiger partial charge in [0, 0.05) is 16.3 Å². The van der Waals surface area contributed by atoms with E-state index in [1.54, 1.807) is 20.8 Å². The number of anilines is 1. The van der Waals surface area contributed by atoms with Gasteiger partial charge in [0.2, 0.25) is 0 Å². The molecule has 0 unspecified atom stereocenters. The number of alkyl halides is 3. The van der Waals surface area contributed by atoms with E-state index in [-0.39, 0.29) is 21.4 Å². The van der Waals surface area contributed by atoms with Crippen LogP contribution in [0.1, 0.15) is 26.3 Å². The van der Waals surface area contributed by atoms with Crippen LogP contribution in [0, 0.1) is 0 Å². The number of carboxylic acids is 1. The molecule has 0 spiro atoms. The van der Waals surface area contributed by atoms with Gasteiger partial charge in [0.25, 0.3) is 0 Å². The summed E-state index contributed by atoms with van der Waals surface area (Å²) in [5.74, 6) is -1.56. The van der Waals surface area contributed by atoms with Gasteiger partial charge in [-0.15, -0.1) is 11.8 Å². The van der Waals surface area contributed by atoms with E-state index in [1.807, 2.05) is 0 Å². The number of amides is 1. The Balaban J connectivity index is 2.87. The first-order chi connectivity index (χ1) is 11.7. The third-order valence-corrected chi connectivity index (χ3v) is 4.44. The zero-order chi connectivity index (χ0) is 20.3. The molecule has 0 aliphatic carbocycles. The lowest BCUT2D eigenvalue weighted by atomic mass is 10.2. The van der Waals surface area contributed by atoms with E-state index < -0.39 is 35.4 Å². The van der Waals surface area contributed by atoms with Crippen LogP contribution in [0.25, 0.3) is 0 Å². The molecule has 146 valence electrons. The predicted molar refractivity (Wildman–Crippen MR) is 92.4 cm³/mol. The van der Waals surface area contributed by atoms with Crippen molar-refractivity contribution in [2.75, 3.05) is 11.5 Å². The van der Waals surface area contributed by atoms with Gasteiger partial charge >= 0.3 is 18.2 Å². The molecule has 26 heavy (non-hydrogen) atoms. The highest BCUT2D eigenvalue weighted by atomic mass is 35.5. The fourth-order valence-electron chi connectivity index (χ4n) is 1.72. The van der Waals surface area contributed by atoms with Gasteiger partial charge in [-0.2, -0.15) is 13.2 Å². The van der Waals surface area contributed by atoms with Gasteiger partial charge < -0.3 is 20.9 Å². The number of alkyl carbamates (subject to hydrolysis) is 1. The Kier molecular flexibility index (Phi) is 7.06. The molecule has 0 fully saturated rings. The number of halogens is 4. The number of carboxylic acid groups (broad SMARTS) is 1. The number of nitrogens with one attached hydrogen (secondary N) is 1. The molecule has 1 rings (SSSR count). The average molecular weight is 415 g/mol. The highest BCUT2D eigenvalue weighted by molar-refractivity contribution is 7.99. The zero-order valence-electron chi connectivity index (χ0n) is 14.1. The lowest BCUT2D eigenvalue weighted by Crippen LogP contribution is -2.44. The van der Waals surface area contributed by atoms with Crippen LogP contribution in [-0.4, -0.2) is 34.6 Å². The molecule has 1 aromatic rings. The number of nitrogens with two attached hydrogens (primary N) is 1. The highest BCUT2D eigenvalue weighted by Crippen LogP contribution is 2.39. The van der Waals surface area contributed by atoms with Crippen molar-refractivity contribution in [1.29, 1.82) is 0 Å². The van der Waals surface area contributed by atoms with Gasteiger partial charge in [-0.25, -0.2) is 9.59 Å². The predicted octanol–water partition coefficient (Wildman–Crippen LogP) is 4.01. The van der Waals surface area contributed by atoms with Crippen molar-refractivity contribution in [3.05, 3.63) is 22.7 Å². The number of rotatable bonds is 5. The topological polar surface area (TPSA) is 102 Å². The Morgan fingerprint density at radius 2 is 1.92 bits per heavy atom. The quantitative estimate of drug-likeness (QED) is 0.497. The first kappa shape index (κ1) is 22.2. The van der Waals surface area contributed by atoms with E-state index in [9.17, 15) is 27.9 Å². The Morgan fingerprint density at radius 3 is 2.35 bits per heavy atom. The van der Waals surface area contributed by atoms with Gasteiger partial charge in [-0.1, -0.05) is 11.6 Å². The van der Waals surface area contributed by atoms with Crippen molar-refractivity contribution in [1.82, 2.24) is 5.32 Å². The molecule has 0 radical (unpaired) electrons. The van der Waals surface area contributed by atoms with E-state index in [1.165, 1.54) is 0 Å². The molecule has 0 heterocycles. The number of benzene rings is 1. The Labute approximate surface area is 157 Å². The smallest absolute Gasteiger partial charge is 0.416 e. The third kappa shape index (κ3) is 6.83. The van der Waals surface area contributed by atoms with Crippen molar-refractivity contribution in [3.8, 4) is 0 Å². The van der Waals surface area contributed by atoms with Crippen molar-refractivity contribution in [3.63, 3.8) is 0 Å². The number of thioether (sulfide) groups is 1. The molecule has 0 aliphatic rings. The Hall–Kier alpha value is -1.81. The number of nitrogen functional groups attached to an aromatic ring is 1. The summed E-state index contributed by atoms with van der Waals surface area (Å²) in [6, 6.07) is 0.0652. The molecule has 11 heteroatoms. The van der Waals surface area contributed by atoms with Crippen LogP contribution >= 0.6 is 23.4 Å². The van der Waals surface area contributed by atoms with Gasteiger partial charge in [-0.05, 0) is 32.9 Å². The Morgan fingerprint density at radius 1 is 1.35 bits per heavy atom. The lowest BCUT2D eigenvalue weighted by Gasteiger charge is -2.22. The second-order valence-electron chi connectivity index (χ2n) is 6.22. The van der Waals surface area contributed by atoms with E-state index in [4.69, 9.17) is 22.1 Å². The molecular formula is C15H18ClF3N2O4S. The number of aliphatic carboxylic acids is 1. The monoisotopic (exact) mass is 414 g/mol. The van der Waals surface area contributed by atoms with E-state index >= 15 is 0 Å². The van der Waals surface area contributed by atoms with Crippen molar-refractivity contribution in [2.24, 2.45) is 0 Å². The second kappa shape index (κ2) is 8.26. The molecule has 0 saturated carbocycles. The second-order valence-corrected chi connectivity index (χ2v) is 7.66. The van der Waals surface area contributed by atoms with Gasteiger partial charge in [-0.3, -0.25) is 0 Å². The summed E-state index contributed by atoms with van der Waals surface area (Å²) < 4.78 is 43.1. The fourth-order valence-corrected chi connectivity index (χ4v) is 3.09. The van der Waals surface area contributed by atoms with Crippen LogP contribution in [0.4, 0.5) is 23.7 Å². The normalized spacial score (nSPS) is 13.2. The maximum atomic E-state index is 12.7. The molecule has 1 aromatic carbocycles. The maximum Gasteiger partial charge on any atom is 0.416 e. The lowest BCUT2D eigenvalue weighted by molar-refractivity contribution is -0.139.